The Hall–Kier alpha value is -1.61. The molecule has 3 heteroatoms. The minimum atomic E-state index is -0.383. The van der Waals surface area contributed by atoms with E-state index in [1.807, 2.05) is 38.5 Å². The average molecular weight is 228 g/mol. The monoisotopic (exact) mass is 228 g/mol. The summed E-state index contributed by atoms with van der Waals surface area (Å²) < 4.78 is 2.08. The fourth-order valence-corrected chi connectivity index (χ4v) is 2.59. The number of hydrogen-bond donors (Lipinski definition) is 1. The fourth-order valence-electron chi connectivity index (χ4n) is 2.59. The van der Waals surface area contributed by atoms with Crippen molar-refractivity contribution in [3.8, 4) is 11.3 Å². The highest BCUT2D eigenvalue weighted by Crippen LogP contribution is 2.41. The molecular formula is C14H16N2O. The minimum Gasteiger partial charge on any atom is -0.390 e. The molecule has 0 amide bonds. The molecule has 2 atom stereocenters. The molecule has 1 aliphatic heterocycles. The molecule has 0 bridgehead atoms. The fraction of sp³-hybridized carbons (Fsp3) is 0.357. The van der Waals surface area contributed by atoms with Crippen LogP contribution in [-0.4, -0.2) is 20.8 Å². The average Bonchev–Trinajstić information content (AvgIpc) is 2.87. The molecular weight excluding hydrogens is 212 g/mol. The number of imidazole rings is 1. The molecule has 88 valence electrons. The van der Waals surface area contributed by atoms with Gasteiger partial charge in [0.25, 0.3) is 0 Å². The lowest BCUT2D eigenvalue weighted by Gasteiger charge is -2.24. The van der Waals surface area contributed by atoms with Gasteiger partial charge in [-0.2, -0.15) is 0 Å². The highest BCUT2D eigenvalue weighted by atomic mass is 16.3. The molecule has 17 heavy (non-hydrogen) atoms. The van der Waals surface area contributed by atoms with E-state index in [0.717, 1.165) is 5.69 Å². The number of hydrogen-bond acceptors (Lipinski definition) is 2. The molecule has 0 spiro atoms. The molecule has 1 aromatic carbocycles. The summed E-state index contributed by atoms with van der Waals surface area (Å²) in [6.07, 6.45) is 3.30. The summed E-state index contributed by atoms with van der Waals surface area (Å²) in [6.45, 7) is 4.09. The van der Waals surface area contributed by atoms with Crippen LogP contribution in [0.3, 0.4) is 0 Å². The maximum absolute atomic E-state index is 10.4. The predicted octanol–water partition coefficient (Wildman–Crippen LogP) is 2.47. The number of benzene rings is 1. The first-order chi connectivity index (χ1) is 8.20. The number of nitrogens with zero attached hydrogens (tertiary/aromatic N) is 2. The van der Waals surface area contributed by atoms with E-state index >= 15 is 0 Å². The van der Waals surface area contributed by atoms with Gasteiger partial charge in [-0.25, -0.2) is 4.98 Å². The van der Waals surface area contributed by atoms with Gasteiger partial charge in [-0.15, -0.1) is 0 Å². The first-order valence-electron chi connectivity index (χ1n) is 5.99. The molecule has 1 unspecified atom stereocenters. The van der Waals surface area contributed by atoms with Gasteiger partial charge in [0.15, 0.2) is 0 Å². The standard InChI is InChI=1S/C14H16N2O/c1-9(2)14(17)13-11-6-4-3-5-10(11)12-7-15-8-16(12)13/h3-9,13-14,17H,1-2H3/t13-,14?/m1/s1. The van der Waals surface area contributed by atoms with Crippen molar-refractivity contribution in [3.05, 3.63) is 42.4 Å². The van der Waals surface area contributed by atoms with Crippen LogP contribution in [0.1, 0.15) is 25.5 Å². The molecule has 3 rings (SSSR count). The number of fused-ring (bicyclic) bond motifs is 3. The molecule has 1 aliphatic rings. The van der Waals surface area contributed by atoms with Crippen LogP contribution in [0, 0.1) is 5.92 Å². The zero-order valence-electron chi connectivity index (χ0n) is 10.0. The van der Waals surface area contributed by atoms with Gasteiger partial charge in [0, 0.05) is 5.56 Å². The Morgan fingerprint density at radius 3 is 2.82 bits per heavy atom. The van der Waals surface area contributed by atoms with E-state index in [-0.39, 0.29) is 18.1 Å². The second-order valence-corrected chi connectivity index (χ2v) is 4.95. The maximum Gasteiger partial charge on any atom is 0.0957 e. The molecule has 2 aromatic rings. The number of aliphatic hydroxyl groups excluding tert-OH is 1. The van der Waals surface area contributed by atoms with Crippen LogP contribution in [0.15, 0.2) is 36.8 Å². The van der Waals surface area contributed by atoms with Gasteiger partial charge in [-0.3, -0.25) is 0 Å². The summed E-state index contributed by atoms with van der Waals surface area (Å²) in [5.74, 6) is 0.224. The van der Waals surface area contributed by atoms with Crippen LogP contribution >= 0.6 is 0 Å². The Kier molecular flexibility index (Phi) is 2.30. The summed E-state index contributed by atoms with van der Waals surface area (Å²) >= 11 is 0. The van der Waals surface area contributed by atoms with Crippen LogP contribution in [-0.2, 0) is 0 Å². The minimum absolute atomic E-state index is 0.00343. The normalized spacial score (nSPS) is 19.2. The molecule has 0 aliphatic carbocycles. The first kappa shape index (κ1) is 10.5. The van der Waals surface area contributed by atoms with Crippen molar-refractivity contribution in [2.75, 3.05) is 0 Å². The van der Waals surface area contributed by atoms with E-state index in [9.17, 15) is 5.11 Å². The van der Waals surface area contributed by atoms with Crippen LogP contribution in [0.5, 0.6) is 0 Å². The van der Waals surface area contributed by atoms with E-state index in [1.54, 1.807) is 0 Å². The van der Waals surface area contributed by atoms with Gasteiger partial charge in [0.2, 0.25) is 0 Å². The summed E-state index contributed by atoms with van der Waals surface area (Å²) in [7, 11) is 0. The van der Waals surface area contributed by atoms with Crippen molar-refractivity contribution in [1.29, 1.82) is 0 Å². The van der Waals surface area contributed by atoms with Gasteiger partial charge >= 0.3 is 0 Å². The largest absolute Gasteiger partial charge is 0.390 e. The van der Waals surface area contributed by atoms with Crippen molar-refractivity contribution in [2.24, 2.45) is 5.92 Å². The molecule has 3 nitrogen and oxygen atoms in total. The van der Waals surface area contributed by atoms with Crippen LogP contribution in [0.2, 0.25) is 0 Å². The molecule has 0 fully saturated rings. The topological polar surface area (TPSA) is 38.1 Å². The summed E-state index contributed by atoms with van der Waals surface area (Å²) in [6, 6.07) is 8.25. The van der Waals surface area contributed by atoms with Gasteiger partial charge in [0.05, 0.1) is 30.4 Å². The number of aromatic nitrogens is 2. The van der Waals surface area contributed by atoms with Crippen molar-refractivity contribution >= 4 is 0 Å². The summed E-state index contributed by atoms with van der Waals surface area (Å²) in [4.78, 5) is 4.19. The van der Waals surface area contributed by atoms with E-state index in [1.165, 1.54) is 11.1 Å². The summed E-state index contributed by atoms with van der Waals surface area (Å²) in [5, 5.41) is 10.4. The van der Waals surface area contributed by atoms with Crippen molar-refractivity contribution in [1.82, 2.24) is 9.55 Å². The van der Waals surface area contributed by atoms with E-state index < -0.39 is 0 Å². The third-order valence-corrected chi connectivity index (χ3v) is 3.53. The van der Waals surface area contributed by atoms with Gasteiger partial charge in [-0.1, -0.05) is 38.1 Å². The van der Waals surface area contributed by atoms with Gasteiger partial charge in [-0.05, 0) is 11.5 Å². The van der Waals surface area contributed by atoms with Gasteiger partial charge < -0.3 is 9.67 Å². The SMILES string of the molecule is CC(C)C(O)[C@H]1c2ccccc2-c2cncn21. The zero-order valence-corrected chi connectivity index (χ0v) is 10.0. The smallest absolute Gasteiger partial charge is 0.0957 e. The molecule has 0 radical (unpaired) electrons. The zero-order chi connectivity index (χ0) is 12.0. The lowest BCUT2D eigenvalue weighted by molar-refractivity contribution is 0.0880. The lowest BCUT2D eigenvalue weighted by Crippen LogP contribution is -2.27. The van der Waals surface area contributed by atoms with E-state index in [2.05, 4.69) is 21.7 Å². The Bertz CT molecular complexity index is 545. The van der Waals surface area contributed by atoms with Crippen molar-refractivity contribution in [3.63, 3.8) is 0 Å². The molecule has 0 saturated heterocycles. The van der Waals surface area contributed by atoms with Crippen molar-refractivity contribution < 1.29 is 5.11 Å². The van der Waals surface area contributed by atoms with Crippen molar-refractivity contribution in [2.45, 2.75) is 26.0 Å². The van der Waals surface area contributed by atoms with E-state index in [0.29, 0.717) is 0 Å². The van der Waals surface area contributed by atoms with Crippen LogP contribution in [0.25, 0.3) is 11.3 Å². The predicted molar refractivity (Wildman–Crippen MR) is 66.6 cm³/mol. The third kappa shape index (κ3) is 1.42. The highest BCUT2D eigenvalue weighted by Gasteiger charge is 2.34. The van der Waals surface area contributed by atoms with Crippen LogP contribution < -0.4 is 0 Å². The maximum atomic E-state index is 10.4. The second-order valence-electron chi connectivity index (χ2n) is 4.95. The molecule has 0 saturated carbocycles. The van der Waals surface area contributed by atoms with Crippen LogP contribution in [0.4, 0.5) is 0 Å². The quantitative estimate of drug-likeness (QED) is 0.857. The number of rotatable bonds is 2. The van der Waals surface area contributed by atoms with E-state index in [4.69, 9.17) is 0 Å². The second kappa shape index (κ2) is 3.70. The molecule has 1 aromatic heterocycles. The Morgan fingerprint density at radius 1 is 1.29 bits per heavy atom. The Balaban J connectivity index is 2.17. The van der Waals surface area contributed by atoms with Gasteiger partial charge in [0.1, 0.15) is 0 Å². The third-order valence-electron chi connectivity index (χ3n) is 3.53. The molecule has 1 N–H and O–H groups in total. The summed E-state index contributed by atoms with van der Waals surface area (Å²) in [5.41, 5.74) is 3.49. The first-order valence-corrected chi connectivity index (χ1v) is 5.99. The Labute approximate surface area is 101 Å². The number of aliphatic hydroxyl groups is 1. The highest BCUT2D eigenvalue weighted by molar-refractivity contribution is 5.69. The molecule has 2 heterocycles. The lowest BCUT2D eigenvalue weighted by atomic mass is 9.93. The Morgan fingerprint density at radius 2 is 2.06 bits per heavy atom.